The molecule has 0 aromatic heterocycles. The van der Waals surface area contributed by atoms with Crippen molar-refractivity contribution >= 4 is 35.7 Å². The summed E-state index contributed by atoms with van der Waals surface area (Å²) < 4.78 is 11.0. The lowest BCUT2D eigenvalue weighted by molar-refractivity contribution is -0.142. The van der Waals surface area contributed by atoms with Crippen LogP contribution in [0, 0.1) is 17.8 Å². The Hall–Kier alpha value is -4.60. The van der Waals surface area contributed by atoms with Crippen LogP contribution >= 0.6 is 0 Å². The van der Waals surface area contributed by atoms with Gasteiger partial charge in [-0.1, -0.05) is 26.0 Å². The number of carbonyl (C=O) groups is 5. The first-order valence-electron chi connectivity index (χ1n) is 16.7. The average Bonchev–Trinajstić information content (AvgIpc) is 3.02. The van der Waals surface area contributed by atoms with Gasteiger partial charge in [-0.25, -0.2) is 10.3 Å². The summed E-state index contributed by atoms with van der Waals surface area (Å²) in [5.41, 5.74) is 12.6. The molecule has 2 aliphatic rings. The van der Waals surface area contributed by atoms with Gasteiger partial charge < -0.3 is 42.2 Å². The van der Waals surface area contributed by atoms with Gasteiger partial charge in [0.15, 0.2) is 5.96 Å². The molecule has 16 nitrogen and oxygen atoms in total. The Bertz CT molecular complexity index is 1280. The van der Waals surface area contributed by atoms with Crippen LogP contribution < -0.4 is 43.0 Å². The van der Waals surface area contributed by atoms with E-state index in [1.165, 1.54) is 0 Å². The highest BCUT2D eigenvalue weighted by Gasteiger charge is 2.36. The third-order valence-electron chi connectivity index (χ3n) is 7.59. The molecule has 0 spiro atoms. The van der Waals surface area contributed by atoms with Crippen LogP contribution in [0.15, 0.2) is 29.3 Å². The quantitative estimate of drug-likeness (QED) is 0.0476. The molecule has 2 heterocycles. The molecule has 1 unspecified atom stereocenters. The number of carbonyl (C=O) groups excluding carboxylic acids is 5. The third-order valence-corrected chi connectivity index (χ3v) is 7.59. The summed E-state index contributed by atoms with van der Waals surface area (Å²) in [6, 6.07) is 4.92. The van der Waals surface area contributed by atoms with Crippen LogP contribution in [0.4, 0.5) is 4.79 Å². The number of benzene rings is 1. The van der Waals surface area contributed by atoms with Crippen molar-refractivity contribution in [1.29, 1.82) is 0 Å². The van der Waals surface area contributed by atoms with E-state index in [9.17, 15) is 29.2 Å². The van der Waals surface area contributed by atoms with Crippen LogP contribution in [0.2, 0.25) is 0 Å². The lowest BCUT2D eigenvalue weighted by Gasteiger charge is -2.29. The minimum atomic E-state index is -1.13. The van der Waals surface area contributed by atoms with Crippen LogP contribution in [0.1, 0.15) is 72.3 Å². The summed E-state index contributed by atoms with van der Waals surface area (Å²) in [4.78, 5) is 69.8. The molecule has 274 valence electrons. The molecule has 1 aromatic carbocycles. The highest BCUT2D eigenvalue weighted by Crippen LogP contribution is 2.27. The number of guanidine groups is 1. The minimum Gasteiger partial charge on any atom is -0.494 e. The van der Waals surface area contributed by atoms with Gasteiger partial charge in [0.05, 0.1) is 12.5 Å². The molecule has 1 aromatic rings. The summed E-state index contributed by atoms with van der Waals surface area (Å²) in [5.74, 6) is -3.60. The van der Waals surface area contributed by atoms with Crippen LogP contribution in [0.25, 0.3) is 0 Å². The second-order valence-corrected chi connectivity index (χ2v) is 13.4. The van der Waals surface area contributed by atoms with E-state index in [1.807, 2.05) is 13.8 Å². The fourth-order valence-corrected chi connectivity index (χ4v) is 5.33. The molecule has 0 radical (unpaired) electrons. The first kappa shape index (κ1) is 40.6. The number of hydrogen-bond acceptors (Lipinski definition) is 9. The number of nitrogens with two attached hydrogens (primary N) is 2. The smallest absolute Gasteiger partial charge is 0.407 e. The molecule has 2 bridgehead atoms. The monoisotopic (exact) mass is 690 g/mol. The van der Waals surface area contributed by atoms with E-state index in [1.54, 1.807) is 50.5 Å². The summed E-state index contributed by atoms with van der Waals surface area (Å²) in [6.07, 6.45) is 0.963. The summed E-state index contributed by atoms with van der Waals surface area (Å²) in [7, 11) is 0. The van der Waals surface area contributed by atoms with E-state index in [0.29, 0.717) is 31.6 Å². The van der Waals surface area contributed by atoms with Crippen molar-refractivity contribution < 1.29 is 38.7 Å². The summed E-state index contributed by atoms with van der Waals surface area (Å²) in [5, 5.41) is 20.4. The Morgan fingerprint density at radius 3 is 2.37 bits per heavy atom. The number of alkyl carbamates (subject to hydrolysis) is 1. The maximum Gasteiger partial charge on any atom is 0.407 e. The lowest BCUT2D eigenvalue weighted by atomic mass is 9.81. The molecular weight excluding hydrogens is 636 g/mol. The van der Waals surface area contributed by atoms with Gasteiger partial charge in [-0.3, -0.25) is 29.4 Å². The van der Waals surface area contributed by atoms with E-state index in [-0.39, 0.29) is 50.8 Å². The average molecular weight is 691 g/mol. The highest BCUT2D eigenvalue weighted by atomic mass is 16.6. The molecule has 5 amide bonds. The van der Waals surface area contributed by atoms with Crippen molar-refractivity contribution in [2.24, 2.45) is 34.2 Å². The van der Waals surface area contributed by atoms with Gasteiger partial charge in [-0.2, -0.15) is 0 Å². The maximum atomic E-state index is 13.9. The summed E-state index contributed by atoms with van der Waals surface area (Å²) in [6.45, 7) is 9.66. The number of amides is 5. The van der Waals surface area contributed by atoms with Gasteiger partial charge in [0.25, 0.3) is 0 Å². The number of ether oxygens (including phenoxy) is 2. The van der Waals surface area contributed by atoms with Crippen LogP contribution in [0.5, 0.6) is 5.75 Å². The molecule has 16 heteroatoms. The van der Waals surface area contributed by atoms with Crippen molar-refractivity contribution in [2.45, 2.75) is 90.8 Å². The van der Waals surface area contributed by atoms with E-state index in [0.717, 1.165) is 5.56 Å². The molecule has 0 fully saturated rings. The van der Waals surface area contributed by atoms with E-state index in [2.05, 4.69) is 26.3 Å². The Morgan fingerprint density at radius 1 is 1.08 bits per heavy atom. The summed E-state index contributed by atoms with van der Waals surface area (Å²) >= 11 is 0. The molecule has 2 aliphatic heterocycles. The Balaban J connectivity index is 2.32. The zero-order valence-electron chi connectivity index (χ0n) is 29.2. The van der Waals surface area contributed by atoms with Crippen molar-refractivity contribution in [3.05, 3.63) is 29.8 Å². The maximum absolute atomic E-state index is 13.9. The SMILES string of the molecule is CC(C)C[C@H]1C(=O)NC(C(=O)N[C@@H](CCCN=C(N)N)C(=O)NCCNC(=O)OC(C)(C)C)Cc2ccc(cc2)OCCC[C@@H]1C(=O)NO. The van der Waals surface area contributed by atoms with Gasteiger partial charge in [0, 0.05) is 32.0 Å². The molecule has 10 N–H and O–H groups in total. The normalized spacial score (nSPS) is 18.9. The van der Waals surface area contributed by atoms with E-state index in [4.69, 9.17) is 20.9 Å². The van der Waals surface area contributed by atoms with Gasteiger partial charge in [0.2, 0.25) is 23.6 Å². The van der Waals surface area contributed by atoms with Gasteiger partial charge in [0.1, 0.15) is 23.4 Å². The minimum absolute atomic E-state index is 0.0158. The predicted octanol–water partition coefficient (Wildman–Crippen LogP) is 0.850. The van der Waals surface area contributed by atoms with Crippen LogP contribution in [-0.2, 0) is 30.3 Å². The molecular formula is C33H54N8O8. The topological polar surface area (TPSA) is 249 Å². The second kappa shape index (κ2) is 20.0. The molecule has 3 rings (SSSR count). The number of fused-ring (bicyclic) bond motifs is 11. The van der Waals surface area contributed by atoms with E-state index < -0.39 is 59.2 Å². The Kier molecular flexibility index (Phi) is 16.6. The third kappa shape index (κ3) is 15.4. The van der Waals surface area contributed by atoms with Crippen LogP contribution in [0.3, 0.4) is 0 Å². The fraction of sp³-hybridized carbons (Fsp3) is 0.636. The number of rotatable bonds is 13. The van der Waals surface area contributed by atoms with Gasteiger partial charge in [-0.15, -0.1) is 0 Å². The number of nitrogens with one attached hydrogen (secondary N) is 5. The van der Waals surface area contributed by atoms with Crippen molar-refractivity contribution in [3.63, 3.8) is 0 Å². The van der Waals surface area contributed by atoms with Crippen LogP contribution in [-0.4, -0.2) is 84.8 Å². The predicted molar refractivity (Wildman–Crippen MR) is 182 cm³/mol. The van der Waals surface area contributed by atoms with Crippen molar-refractivity contribution in [3.8, 4) is 5.75 Å². The number of aliphatic imine (C=N–C) groups is 1. The molecule has 49 heavy (non-hydrogen) atoms. The van der Waals surface area contributed by atoms with Crippen molar-refractivity contribution in [2.75, 3.05) is 26.2 Å². The molecule has 0 saturated heterocycles. The molecule has 0 aliphatic carbocycles. The molecule has 0 saturated carbocycles. The Labute approximate surface area is 287 Å². The first-order chi connectivity index (χ1) is 23.1. The zero-order valence-corrected chi connectivity index (χ0v) is 29.2. The second-order valence-electron chi connectivity index (χ2n) is 13.4. The first-order valence-corrected chi connectivity index (χ1v) is 16.7. The highest BCUT2D eigenvalue weighted by molar-refractivity contribution is 5.94. The fourth-order valence-electron chi connectivity index (χ4n) is 5.33. The van der Waals surface area contributed by atoms with E-state index >= 15 is 0 Å². The lowest BCUT2D eigenvalue weighted by Crippen LogP contribution is -2.56. The number of hydroxylamine groups is 1. The standard InChI is InChI=1S/C33H54N8O8/c1-20(2)18-24-23(28(43)41-47)8-7-17-48-22-12-10-21(11-13-22)19-26(40-27(24)42)30(45)39-25(9-6-14-37-31(34)35)29(44)36-15-16-38-32(46)49-33(3,4)5/h10-13,20,23-26,47H,6-9,14-19H2,1-5H3,(H,36,44)(H,38,46)(H,39,45)(H,40,42)(H,41,43)(H4,34,35,37)/t23-,24+,25-,26?/m0/s1. The van der Waals surface area contributed by atoms with Gasteiger partial charge >= 0.3 is 6.09 Å². The molecule has 4 atom stereocenters. The Morgan fingerprint density at radius 2 is 1.76 bits per heavy atom. The number of nitrogens with zero attached hydrogens (tertiary/aromatic N) is 1. The number of hydrogen-bond donors (Lipinski definition) is 8. The van der Waals surface area contributed by atoms with Gasteiger partial charge in [-0.05, 0) is 76.5 Å². The largest absolute Gasteiger partial charge is 0.494 e. The van der Waals surface area contributed by atoms with Crippen molar-refractivity contribution in [1.82, 2.24) is 26.7 Å². The zero-order chi connectivity index (χ0) is 36.6.